The van der Waals surface area contributed by atoms with Gasteiger partial charge in [-0.1, -0.05) is 56.2 Å². The summed E-state index contributed by atoms with van der Waals surface area (Å²) in [5.41, 5.74) is 6.49. The van der Waals surface area contributed by atoms with Crippen LogP contribution < -0.4 is 11.1 Å². The van der Waals surface area contributed by atoms with Gasteiger partial charge in [0.2, 0.25) is 5.91 Å². The van der Waals surface area contributed by atoms with Crippen LogP contribution in [0.1, 0.15) is 32.6 Å². The van der Waals surface area contributed by atoms with Crippen molar-refractivity contribution in [2.45, 2.75) is 38.1 Å². The molecule has 3 nitrogen and oxygen atoms in total. The zero-order valence-electron chi connectivity index (χ0n) is 12.4. The molecule has 0 aliphatic heterocycles. The van der Waals surface area contributed by atoms with E-state index < -0.39 is 5.54 Å². The first-order chi connectivity index (χ1) is 10.1. The van der Waals surface area contributed by atoms with E-state index in [9.17, 15) is 4.79 Å². The van der Waals surface area contributed by atoms with Crippen molar-refractivity contribution in [3.05, 3.63) is 42.5 Å². The minimum absolute atomic E-state index is 0.0506. The molecular weight excluding hydrogens is 260 g/mol. The van der Waals surface area contributed by atoms with Crippen molar-refractivity contribution in [3.63, 3.8) is 0 Å². The lowest BCUT2D eigenvalue weighted by molar-refractivity contribution is -0.122. The summed E-state index contributed by atoms with van der Waals surface area (Å²) in [6, 6.07) is 14.0. The predicted molar refractivity (Wildman–Crippen MR) is 87.1 cm³/mol. The Bertz CT molecular complexity index is 662. The van der Waals surface area contributed by atoms with Crippen molar-refractivity contribution in [2.75, 3.05) is 5.32 Å². The number of carbonyl (C=O) groups excluding carboxylic acids is 1. The van der Waals surface area contributed by atoms with Gasteiger partial charge in [-0.05, 0) is 30.2 Å². The average Bonchev–Trinajstić information content (AvgIpc) is 2.47. The van der Waals surface area contributed by atoms with Gasteiger partial charge >= 0.3 is 0 Å². The van der Waals surface area contributed by atoms with E-state index in [2.05, 4.69) is 12.2 Å². The third-order valence-corrected chi connectivity index (χ3v) is 4.52. The summed E-state index contributed by atoms with van der Waals surface area (Å²) >= 11 is 0. The van der Waals surface area contributed by atoms with Crippen molar-refractivity contribution in [1.29, 1.82) is 0 Å². The van der Waals surface area contributed by atoms with Gasteiger partial charge in [-0.3, -0.25) is 4.79 Å². The quantitative estimate of drug-likeness (QED) is 0.882. The molecule has 2 aromatic carbocycles. The smallest absolute Gasteiger partial charge is 0.244 e. The Labute approximate surface area is 125 Å². The van der Waals surface area contributed by atoms with Gasteiger partial charge in [-0.25, -0.2) is 0 Å². The molecule has 2 atom stereocenters. The summed E-state index contributed by atoms with van der Waals surface area (Å²) in [6.07, 6.45) is 3.73. The van der Waals surface area contributed by atoms with Gasteiger partial charge < -0.3 is 11.1 Å². The van der Waals surface area contributed by atoms with Gasteiger partial charge in [-0.2, -0.15) is 0 Å². The molecule has 1 saturated carbocycles. The van der Waals surface area contributed by atoms with Crippen molar-refractivity contribution >= 4 is 22.4 Å². The molecule has 1 amide bonds. The molecule has 2 aromatic rings. The fourth-order valence-electron chi connectivity index (χ4n) is 3.38. The van der Waals surface area contributed by atoms with Crippen LogP contribution in [0, 0.1) is 5.92 Å². The van der Waals surface area contributed by atoms with Gasteiger partial charge in [-0.15, -0.1) is 0 Å². The summed E-state index contributed by atoms with van der Waals surface area (Å²) in [7, 11) is 0. The lowest BCUT2D eigenvalue weighted by Gasteiger charge is -2.35. The SMILES string of the molecule is CC1CCCC(N)(C(=O)Nc2cccc3ccccc23)C1. The highest BCUT2D eigenvalue weighted by Crippen LogP contribution is 2.32. The molecule has 0 heterocycles. The van der Waals surface area contributed by atoms with E-state index in [0.29, 0.717) is 5.92 Å². The number of anilines is 1. The minimum atomic E-state index is -0.728. The van der Waals surface area contributed by atoms with E-state index in [0.717, 1.165) is 35.7 Å². The van der Waals surface area contributed by atoms with Gasteiger partial charge in [0.25, 0.3) is 0 Å². The summed E-state index contributed by atoms with van der Waals surface area (Å²) in [4.78, 5) is 12.6. The van der Waals surface area contributed by atoms with Crippen LogP contribution >= 0.6 is 0 Å². The number of hydrogen-bond acceptors (Lipinski definition) is 2. The molecule has 0 saturated heterocycles. The molecule has 0 spiro atoms. The van der Waals surface area contributed by atoms with Crippen LogP contribution in [-0.4, -0.2) is 11.4 Å². The standard InChI is InChI=1S/C18H22N2O/c1-13-6-5-11-18(19,12-13)17(21)20-16-10-4-8-14-7-2-3-9-15(14)16/h2-4,7-10,13H,5-6,11-12,19H2,1H3,(H,20,21). The maximum absolute atomic E-state index is 12.6. The zero-order valence-corrected chi connectivity index (χ0v) is 12.4. The third kappa shape index (κ3) is 2.79. The van der Waals surface area contributed by atoms with Crippen LogP contribution in [0.5, 0.6) is 0 Å². The topological polar surface area (TPSA) is 55.1 Å². The minimum Gasteiger partial charge on any atom is -0.324 e. The second-order valence-corrected chi connectivity index (χ2v) is 6.34. The van der Waals surface area contributed by atoms with E-state index >= 15 is 0 Å². The monoisotopic (exact) mass is 282 g/mol. The molecule has 1 aliphatic carbocycles. The Morgan fingerprint density at radius 2 is 2.00 bits per heavy atom. The number of hydrogen-bond donors (Lipinski definition) is 2. The molecule has 2 unspecified atom stereocenters. The van der Waals surface area contributed by atoms with Gasteiger partial charge in [0.15, 0.2) is 0 Å². The number of carbonyl (C=O) groups is 1. The van der Waals surface area contributed by atoms with E-state index in [1.165, 1.54) is 6.42 Å². The molecule has 110 valence electrons. The van der Waals surface area contributed by atoms with Crippen molar-refractivity contribution in [2.24, 2.45) is 11.7 Å². The summed E-state index contributed by atoms with van der Waals surface area (Å²) in [5.74, 6) is 0.465. The molecule has 3 heteroatoms. The van der Waals surface area contributed by atoms with Crippen LogP contribution in [0.25, 0.3) is 10.8 Å². The summed E-state index contributed by atoms with van der Waals surface area (Å²) < 4.78 is 0. The number of nitrogens with one attached hydrogen (secondary N) is 1. The number of nitrogens with two attached hydrogens (primary N) is 1. The molecule has 0 radical (unpaired) electrons. The highest BCUT2D eigenvalue weighted by Gasteiger charge is 2.38. The van der Waals surface area contributed by atoms with Crippen molar-refractivity contribution in [1.82, 2.24) is 0 Å². The van der Waals surface area contributed by atoms with Crippen LogP contribution in [0.2, 0.25) is 0 Å². The molecule has 1 aliphatic rings. The first kappa shape index (κ1) is 14.1. The van der Waals surface area contributed by atoms with Crippen LogP contribution in [0.3, 0.4) is 0 Å². The molecule has 3 N–H and O–H groups in total. The normalized spacial score (nSPS) is 25.7. The number of amides is 1. The van der Waals surface area contributed by atoms with E-state index in [4.69, 9.17) is 5.73 Å². The molecular formula is C18H22N2O. The van der Waals surface area contributed by atoms with E-state index in [1.54, 1.807) is 0 Å². The van der Waals surface area contributed by atoms with Crippen LogP contribution in [0.15, 0.2) is 42.5 Å². The fraction of sp³-hybridized carbons (Fsp3) is 0.389. The predicted octanol–water partition coefficient (Wildman–Crippen LogP) is 3.69. The Kier molecular flexibility index (Phi) is 3.68. The Morgan fingerprint density at radius 3 is 2.81 bits per heavy atom. The Hall–Kier alpha value is -1.87. The highest BCUT2D eigenvalue weighted by atomic mass is 16.2. The van der Waals surface area contributed by atoms with Gasteiger partial charge in [0, 0.05) is 11.1 Å². The molecule has 21 heavy (non-hydrogen) atoms. The van der Waals surface area contributed by atoms with Gasteiger partial charge in [0.05, 0.1) is 5.54 Å². The fourth-order valence-corrected chi connectivity index (χ4v) is 3.38. The summed E-state index contributed by atoms with van der Waals surface area (Å²) in [5, 5.41) is 5.23. The van der Waals surface area contributed by atoms with Crippen molar-refractivity contribution < 1.29 is 4.79 Å². The van der Waals surface area contributed by atoms with E-state index in [-0.39, 0.29) is 5.91 Å². The third-order valence-electron chi connectivity index (χ3n) is 4.52. The molecule has 0 aromatic heterocycles. The zero-order chi connectivity index (χ0) is 14.9. The largest absolute Gasteiger partial charge is 0.324 e. The number of rotatable bonds is 2. The molecule has 0 bridgehead atoms. The Morgan fingerprint density at radius 1 is 1.24 bits per heavy atom. The van der Waals surface area contributed by atoms with Crippen molar-refractivity contribution in [3.8, 4) is 0 Å². The maximum atomic E-state index is 12.6. The Balaban J connectivity index is 1.86. The lowest BCUT2D eigenvalue weighted by Crippen LogP contribution is -2.53. The second-order valence-electron chi connectivity index (χ2n) is 6.34. The highest BCUT2D eigenvalue weighted by molar-refractivity contribution is 6.05. The number of benzene rings is 2. The molecule has 1 fully saturated rings. The average molecular weight is 282 g/mol. The maximum Gasteiger partial charge on any atom is 0.244 e. The van der Waals surface area contributed by atoms with E-state index in [1.807, 2.05) is 42.5 Å². The second kappa shape index (κ2) is 5.49. The number of fused-ring (bicyclic) bond motifs is 1. The molecule has 3 rings (SSSR count). The van der Waals surface area contributed by atoms with Crippen LogP contribution in [-0.2, 0) is 4.79 Å². The van der Waals surface area contributed by atoms with Gasteiger partial charge in [0.1, 0.15) is 0 Å². The van der Waals surface area contributed by atoms with Crippen LogP contribution in [0.4, 0.5) is 5.69 Å². The first-order valence-corrected chi connectivity index (χ1v) is 7.67. The first-order valence-electron chi connectivity index (χ1n) is 7.67. The lowest BCUT2D eigenvalue weighted by atomic mass is 9.76. The summed E-state index contributed by atoms with van der Waals surface area (Å²) in [6.45, 7) is 2.17.